The molecule has 0 radical (unpaired) electrons. The summed E-state index contributed by atoms with van der Waals surface area (Å²) >= 11 is 0. The van der Waals surface area contributed by atoms with Gasteiger partial charge in [0.05, 0.1) is 11.5 Å². The maximum atomic E-state index is 14.4. The normalized spacial score (nSPS) is 23.9. The van der Waals surface area contributed by atoms with Crippen LogP contribution in [0.15, 0.2) is 77.9 Å². The van der Waals surface area contributed by atoms with Crippen LogP contribution in [0.3, 0.4) is 0 Å². The summed E-state index contributed by atoms with van der Waals surface area (Å²) in [6.45, 7) is 1.56. The van der Waals surface area contributed by atoms with Crippen LogP contribution in [0.5, 0.6) is 0 Å². The first-order valence-electron chi connectivity index (χ1n) is 13.8. The highest BCUT2D eigenvalue weighted by atomic mass is 19.3. The standard InChI is InChI=1S/C31H34F2N4O2/c32-31(33)13-11-26(23-7-3-1-4-8-23)27(19-31)29(38)36-17-14-30(39,15-18-36)21-35-20-24-12-16-37(28(24)34-22-35)25-9-5-2-6-10-25/h1-10,12,16,20,26-27,39H,11,13-15,17-19,21-22H2/t26-,27+/m0/s1. The highest BCUT2D eigenvalue weighted by Crippen LogP contribution is 2.46. The zero-order chi connectivity index (χ0) is 27.0. The Labute approximate surface area is 226 Å². The first-order chi connectivity index (χ1) is 18.8. The van der Waals surface area contributed by atoms with Crippen LogP contribution in [0.25, 0.3) is 11.9 Å². The molecular weight excluding hydrogens is 498 g/mol. The molecular formula is C31H34F2N4O2. The third-order valence-electron chi connectivity index (χ3n) is 8.52. The second-order valence-corrected chi connectivity index (χ2v) is 11.2. The lowest BCUT2D eigenvalue weighted by Gasteiger charge is -2.43. The van der Waals surface area contributed by atoms with Gasteiger partial charge in [0, 0.05) is 55.8 Å². The van der Waals surface area contributed by atoms with Gasteiger partial charge in [-0.05, 0) is 48.9 Å². The van der Waals surface area contributed by atoms with Crippen molar-refractivity contribution in [2.75, 3.05) is 26.3 Å². The Hall–Kier alpha value is -3.52. The smallest absolute Gasteiger partial charge is 0.249 e. The average Bonchev–Trinajstić information content (AvgIpc) is 3.37. The van der Waals surface area contributed by atoms with Crippen molar-refractivity contribution in [3.63, 3.8) is 0 Å². The first kappa shape index (κ1) is 25.7. The summed E-state index contributed by atoms with van der Waals surface area (Å²) in [5.41, 5.74) is 1.91. The fourth-order valence-corrected chi connectivity index (χ4v) is 6.40. The molecule has 3 aliphatic rings. The van der Waals surface area contributed by atoms with Gasteiger partial charge in [-0.15, -0.1) is 0 Å². The number of β-amino-alcohol motifs (C(OH)–C–C–N with tert-alkyl or cyclic N) is 1. The van der Waals surface area contributed by atoms with Gasteiger partial charge in [-0.25, -0.2) is 13.8 Å². The van der Waals surface area contributed by atoms with Crippen molar-refractivity contribution >= 4 is 12.1 Å². The summed E-state index contributed by atoms with van der Waals surface area (Å²) in [4.78, 5) is 22.0. The van der Waals surface area contributed by atoms with E-state index in [0.29, 0.717) is 45.6 Å². The second kappa shape index (κ2) is 10.2. The molecule has 2 aromatic carbocycles. The molecule has 1 amide bonds. The molecule has 1 N–H and O–H groups in total. The summed E-state index contributed by atoms with van der Waals surface area (Å²) < 4.78 is 30.9. The molecule has 2 fully saturated rings. The number of aliphatic hydroxyl groups is 1. The molecule has 0 unspecified atom stereocenters. The largest absolute Gasteiger partial charge is 0.388 e. The van der Waals surface area contributed by atoms with Gasteiger partial charge in [0.15, 0.2) is 0 Å². The second-order valence-electron chi connectivity index (χ2n) is 11.2. The molecule has 1 aromatic heterocycles. The van der Waals surface area contributed by atoms with Gasteiger partial charge >= 0.3 is 0 Å². The molecule has 1 aliphatic carbocycles. The molecule has 0 bridgehead atoms. The van der Waals surface area contributed by atoms with Gasteiger partial charge in [0.25, 0.3) is 0 Å². The van der Waals surface area contributed by atoms with Crippen molar-refractivity contribution in [3.8, 4) is 5.69 Å². The predicted molar refractivity (Wildman–Crippen MR) is 145 cm³/mol. The number of aromatic nitrogens is 1. The quantitative estimate of drug-likeness (QED) is 0.546. The van der Waals surface area contributed by atoms with E-state index in [1.807, 2.05) is 84.0 Å². The Morgan fingerprint density at radius 3 is 2.38 bits per heavy atom. The lowest BCUT2D eigenvalue weighted by atomic mass is 9.73. The minimum absolute atomic E-state index is 0.191. The zero-order valence-electron chi connectivity index (χ0n) is 21.9. The molecule has 1 saturated carbocycles. The third-order valence-corrected chi connectivity index (χ3v) is 8.52. The summed E-state index contributed by atoms with van der Waals surface area (Å²) in [7, 11) is 0. The van der Waals surface area contributed by atoms with Crippen molar-refractivity contribution in [3.05, 3.63) is 89.2 Å². The van der Waals surface area contributed by atoms with Crippen LogP contribution in [0.1, 0.15) is 43.6 Å². The minimum Gasteiger partial charge on any atom is -0.388 e. The Bertz CT molecular complexity index is 1430. The maximum absolute atomic E-state index is 14.4. The summed E-state index contributed by atoms with van der Waals surface area (Å²) in [6, 6.07) is 21.6. The van der Waals surface area contributed by atoms with Gasteiger partial charge < -0.3 is 19.5 Å². The molecule has 6 rings (SSSR count). The van der Waals surface area contributed by atoms with Crippen molar-refractivity contribution in [2.24, 2.45) is 10.9 Å². The Morgan fingerprint density at radius 1 is 0.974 bits per heavy atom. The predicted octanol–water partition coefficient (Wildman–Crippen LogP) is 3.68. The number of alkyl halides is 2. The van der Waals surface area contributed by atoms with Crippen LogP contribution in [-0.4, -0.2) is 63.2 Å². The van der Waals surface area contributed by atoms with E-state index in [9.17, 15) is 18.7 Å². The molecule has 1 saturated heterocycles. The topological polar surface area (TPSA) is 61.1 Å². The van der Waals surface area contributed by atoms with Crippen LogP contribution < -0.4 is 10.7 Å². The van der Waals surface area contributed by atoms with Gasteiger partial charge in [-0.1, -0.05) is 48.5 Å². The Morgan fingerprint density at radius 2 is 1.67 bits per heavy atom. The van der Waals surface area contributed by atoms with E-state index in [2.05, 4.69) is 4.57 Å². The maximum Gasteiger partial charge on any atom is 0.249 e. The zero-order valence-corrected chi connectivity index (χ0v) is 21.9. The van der Waals surface area contributed by atoms with Crippen LogP contribution in [0.2, 0.25) is 0 Å². The van der Waals surface area contributed by atoms with E-state index in [1.54, 1.807) is 4.90 Å². The van der Waals surface area contributed by atoms with E-state index in [1.165, 1.54) is 0 Å². The minimum atomic E-state index is -2.83. The number of likely N-dealkylation sites (tertiary alicyclic amines) is 1. The number of carbonyl (C=O) groups is 1. The molecule has 39 heavy (non-hydrogen) atoms. The van der Waals surface area contributed by atoms with Crippen LogP contribution >= 0.6 is 0 Å². The molecule has 204 valence electrons. The van der Waals surface area contributed by atoms with Crippen LogP contribution in [0, 0.1) is 5.92 Å². The number of carbonyl (C=O) groups excluding carboxylic acids is 1. The first-order valence-corrected chi connectivity index (χ1v) is 13.8. The van der Waals surface area contributed by atoms with Crippen molar-refractivity contribution in [1.29, 1.82) is 0 Å². The average molecular weight is 533 g/mol. The number of nitrogens with zero attached hydrogens (tertiary/aromatic N) is 4. The number of rotatable bonds is 5. The lowest BCUT2D eigenvalue weighted by molar-refractivity contribution is -0.148. The number of para-hydroxylation sites is 1. The van der Waals surface area contributed by atoms with Gasteiger partial charge in [-0.3, -0.25) is 4.79 Å². The fraction of sp³-hybridized carbons (Fsp3) is 0.419. The SMILES string of the molecule is O=C([C@@H]1CC(F)(F)CC[C@H]1c1ccccc1)N1CCC(O)(CN2C=c3ccn(-c4ccccc4)c3=NC2)CC1. The Balaban J connectivity index is 1.11. The van der Waals surface area contributed by atoms with Crippen molar-refractivity contribution < 1.29 is 18.7 Å². The van der Waals surface area contributed by atoms with Crippen LogP contribution in [0.4, 0.5) is 8.78 Å². The summed E-state index contributed by atoms with van der Waals surface area (Å²) in [5.74, 6) is -3.99. The number of hydrogen-bond acceptors (Lipinski definition) is 4. The molecule has 6 nitrogen and oxygen atoms in total. The number of hydrogen-bond donors (Lipinski definition) is 1. The molecule has 3 aromatic rings. The number of halogens is 2. The van der Waals surface area contributed by atoms with Crippen molar-refractivity contribution in [1.82, 2.24) is 14.4 Å². The van der Waals surface area contributed by atoms with Gasteiger partial charge in [-0.2, -0.15) is 0 Å². The number of piperidine rings is 1. The third kappa shape index (κ3) is 5.35. The van der Waals surface area contributed by atoms with E-state index in [4.69, 9.17) is 4.99 Å². The van der Waals surface area contributed by atoms with Crippen LogP contribution in [-0.2, 0) is 4.79 Å². The Kier molecular flexibility index (Phi) is 6.75. The number of fused-ring (bicyclic) bond motifs is 1. The highest BCUT2D eigenvalue weighted by molar-refractivity contribution is 5.80. The van der Waals surface area contributed by atoms with E-state index in [-0.39, 0.29) is 18.2 Å². The van der Waals surface area contributed by atoms with E-state index in [0.717, 1.165) is 22.0 Å². The molecule has 3 heterocycles. The van der Waals surface area contributed by atoms with E-state index >= 15 is 0 Å². The number of amides is 1. The van der Waals surface area contributed by atoms with E-state index < -0.39 is 23.9 Å². The van der Waals surface area contributed by atoms with Crippen molar-refractivity contribution in [2.45, 2.75) is 49.5 Å². The molecule has 2 atom stereocenters. The molecule has 2 aliphatic heterocycles. The lowest BCUT2D eigenvalue weighted by Crippen LogP contribution is -2.54. The molecule has 8 heteroatoms. The fourth-order valence-electron chi connectivity index (χ4n) is 6.40. The summed E-state index contributed by atoms with van der Waals surface area (Å²) in [5, 5.41) is 12.4. The summed E-state index contributed by atoms with van der Waals surface area (Å²) in [6.07, 6.45) is 4.53. The molecule has 0 spiro atoms. The monoisotopic (exact) mass is 532 g/mol. The highest BCUT2D eigenvalue weighted by Gasteiger charge is 2.47. The van der Waals surface area contributed by atoms with Gasteiger partial charge in [0.2, 0.25) is 11.8 Å². The number of benzene rings is 2. The van der Waals surface area contributed by atoms with Gasteiger partial charge in [0.1, 0.15) is 12.2 Å².